The van der Waals surface area contributed by atoms with Gasteiger partial charge in [-0.25, -0.2) is 0 Å². The Labute approximate surface area is 104 Å². The van der Waals surface area contributed by atoms with E-state index in [1.807, 2.05) is 13.8 Å². The highest BCUT2D eigenvalue weighted by molar-refractivity contribution is 5.73. The normalized spacial score (nSPS) is 19.8. The Morgan fingerprint density at radius 3 is 2.47 bits per heavy atom. The fourth-order valence-electron chi connectivity index (χ4n) is 2.32. The molecule has 0 aromatic heterocycles. The zero-order valence-corrected chi connectivity index (χ0v) is 11.5. The molecule has 4 heteroatoms. The minimum Gasteiger partial charge on any atom is -0.396 e. The maximum absolute atomic E-state index is 11.0. The van der Waals surface area contributed by atoms with Crippen molar-refractivity contribution in [3.8, 4) is 0 Å². The van der Waals surface area contributed by atoms with Crippen LogP contribution in [0.2, 0.25) is 0 Å². The summed E-state index contributed by atoms with van der Waals surface area (Å²) in [6, 6.07) is 0.334. The second kappa shape index (κ2) is 5.36. The van der Waals surface area contributed by atoms with E-state index in [1.54, 1.807) is 6.92 Å². The summed E-state index contributed by atoms with van der Waals surface area (Å²) in [5.41, 5.74) is -0.0411. The molecule has 0 radical (unpaired) electrons. The second-order valence-electron chi connectivity index (χ2n) is 6.21. The van der Waals surface area contributed by atoms with Gasteiger partial charge in [-0.15, -0.1) is 0 Å². The van der Waals surface area contributed by atoms with Gasteiger partial charge in [0, 0.05) is 37.1 Å². The third-order valence-electron chi connectivity index (χ3n) is 3.45. The summed E-state index contributed by atoms with van der Waals surface area (Å²) in [6.07, 6.45) is 3.13. The van der Waals surface area contributed by atoms with Crippen LogP contribution in [-0.4, -0.2) is 35.7 Å². The van der Waals surface area contributed by atoms with Crippen LogP contribution in [0.3, 0.4) is 0 Å². The Bertz CT molecular complexity index is 273. The Kier molecular flexibility index (Phi) is 4.55. The third kappa shape index (κ3) is 5.04. The molecule has 0 heterocycles. The van der Waals surface area contributed by atoms with E-state index >= 15 is 0 Å². The number of amides is 1. The average molecular weight is 242 g/mol. The number of aliphatic hydroxyl groups is 1. The van der Waals surface area contributed by atoms with Crippen molar-refractivity contribution < 1.29 is 9.90 Å². The molecule has 1 saturated carbocycles. The van der Waals surface area contributed by atoms with E-state index in [9.17, 15) is 9.90 Å². The van der Waals surface area contributed by atoms with Crippen LogP contribution < -0.4 is 10.6 Å². The Balaban J connectivity index is 2.28. The topological polar surface area (TPSA) is 61.4 Å². The fraction of sp³-hybridized carbons (Fsp3) is 0.923. The smallest absolute Gasteiger partial charge is 0.217 e. The van der Waals surface area contributed by atoms with Gasteiger partial charge in [0.05, 0.1) is 0 Å². The van der Waals surface area contributed by atoms with Crippen LogP contribution in [0.4, 0.5) is 0 Å². The largest absolute Gasteiger partial charge is 0.396 e. The van der Waals surface area contributed by atoms with Crippen LogP contribution in [0.25, 0.3) is 0 Å². The summed E-state index contributed by atoms with van der Waals surface area (Å²) in [4.78, 5) is 11.0. The summed E-state index contributed by atoms with van der Waals surface area (Å²) in [7, 11) is 0. The van der Waals surface area contributed by atoms with Gasteiger partial charge in [-0.3, -0.25) is 4.79 Å². The first-order valence-corrected chi connectivity index (χ1v) is 6.42. The molecule has 1 atom stereocenters. The van der Waals surface area contributed by atoms with E-state index in [4.69, 9.17) is 0 Å². The lowest BCUT2D eigenvalue weighted by Gasteiger charge is -2.30. The molecular weight excluding hydrogens is 216 g/mol. The highest BCUT2D eigenvalue weighted by Gasteiger charge is 2.41. The van der Waals surface area contributed by atoms with Crippen LogP contribution >= 0.6 is 0 Å². The van der Waals surface area contributed by atoms with Crippen LogP contribution in [0.5, 0.6) is 0 Å². The van der Waals surface area contributed by atoms with Crippen molar-refractivity contribution in [3.05, 3.63) is 0 Å². The molecule has 1 amide bonds. The maximum Gasteiger partial charge on any atom is 0.217 e. The minimum absolute atomic E-state index is 0.0104. The van der Waals surface area contributed by atoms with E-state index in [1.165, 1.54) is 0 Å². The molecule has 1 aliphatic carbocycles. The molecule has 1 rings (SSSR count). The fourth-order valence-corrected chi connectivity index (χ4v) is 2.32. The standard InChI is InChI=1S/C13H26N2O2/c1-10(7-12(3,4)15-11(2)17)14-8-13(9-16)5-6-13/h10,14,16H,5-9H2,1-4H3,(H,15,17)/t10-/m1/s1. The van der Waals surface area contributed by atoms with Crippen LogP contribution in [-0.2, 0) is 4.79 Å². The minimum atomic E-state index is -0.186. The van der Waals surface area contributed by atoms with Gasteiger partial charge in [-0.1, -0.05) is 0 Å². The Morgan fingerprint density at radius 1 is 1.47 bits per heavy atom. The van der Waals surface area contributed by atoms with Crippen molar-refractivity contribution in [3.63, 3.8) is 0 Å². The summed E-state index contributed by atoms with van der Waals surface area (Å²) in [5.74, 6) is 0.0104. The average Bonchev–Trinajstić information content (AvgIpc) is 2.92. The Hall–Kier alpha value is -0.610. The molecule has 0 aromatic rings. The second-order valence-corrected chi connectivity index (χ2v) is 6.21. The summed E-state index contributed by atoms with van der Waals surface area (Å²) >= 11 is 0. The van der Waals surface area contributed by atoms with Gasteiger partial charge >= 0.3 is 0 Å². The van der Waals surface area contributed by atoms with Crippen molar-refractivity contribution in [2.24, 2.45) is 5.41 Å². The van der Waals surface area contributed by atoms with E-state index in [2.05, 4.69) is 17.6 Å². The molecule has 1 fully saturated rings. The van der Waals surface area contributed by atoms with E-state index in [-0.39, 0.29) is 23.5 Å². The molecule has 0 aliphatic heterocycles. The summed E-state index contributed by atoms with van der Waals surface area (Å²) in [5, 5.41) is 15.6. The lowest BCUT2D eigenvalue weighted by Crippen LogP contribution is -2.47. The van der Waals surface area contributed by atoms with Crippen LogP contribution in [0.1, 0.15) is 47.0 Å². The summed E-state index contributed by atoms with van der Waals surface area (Å²) < 4.78 is 0. The number of nitrogens with one attached hydrogen (secondary N) is 2. The zero-order valence-electron chi connectivity index (χ0n) is 11.5. The van der Waals surface area contributed by atoms with Crippen molar-refractivity contribution in [2.75, 3.05) is 13.2 Å². The number of hydrogen-bond acceptors (Lipinski definition) is 3. The quantitative estimate of drug-likeness (QED) is 0.625. The highest BCUT2D eigenvalue weighted by Crippen LogP contribution is 2.44. The molecule has 1 aliphatic rings. The van der Waals surface area contributed by atoms with Crippen molar-refractivity contribution in [1.29, 1.82) is 0 Å². The van der Waals surface area contributed by atoms with Crippen molar-refractivity contribution in [2.45, 2.75) is 58.5 Å². The van der Waals surface area contributed by atoms with Gasteiger partial charge in [-0.05, 0) is 40.0 Å². The molecule has 0 unspecified atom stereocenters. The van der Waals surface area contributed by atoms with Gasteiger partial charge in [-0.2, -0.15) is 0 Å². The molecule has 0 aromatic carbocycles. The molecule has 17 heavy (non-hydrogen) atoms. The number of aliphatic hydroxyl groups excluding tert-OH is 1. The highest BCUT2D eigenvalue weighted by atomic mass is 16.3. The number of carbonyl (C=O) groups is 1. The predicted octanol–water partition coefficient (Wildman–Crippen LogP) is 1.04. The van der Waals surface area contributed by atoms with Gasteiger partial charge in [0.25, 0.3) is 0 Å². The molecule has 4 nitrogen and oxygen atoms in total. The van der Waals surface area contributed by atoms with Crippen molar-refractivity contribution in [1.82, 2.24) is 10.6 Å². The van der Waals surface area contributed by atoms with Crippen LogP contribution in [0, 0.1) is 5.41 Å². The lowest BCUT2D eigenvalue weighted by molar-refractivity contribution is -0.120. The monoisotopic (exact) mass is 242 g/mol. The number of hydrogen-bond donors (Lipinski definition) is 3. The predicted molar refractivity (Wildman–Crippen MR) is 68.7 cm³/mol. The Morgan fingerprint density at radius 2 is 2.06 bits per heavy atom. The molecule has 3 N–H and O–H groups in total. The first-order valence-electron chi connectivity index (χ1n) is 6.42. The van der Waals surface area contributed by atoms with Gasteiger partial charge in [0.2, 0.25) is 5.91 Å². The zero-order chi connectivity index (χ0) is 13.1. The van der Waals surface area contributed by atoms with E-state index in [0.717, 1.165) is 25.8 Å². The van der Waals surface area contributed by atoms with Crippen molar-refractivity contribution >= 4 is 5.91 Å². The van der Waals surface area contributed by atoms with E-state index in [0.29, 0.717) is 6.04 Å². The van der Waals surface area contributed by atoms with Gasteiger partial charge in [0.15, 0.2) is 0 Å². The molecule has 100 valence electrons. The first kappa shape index (κ1) is 14.5. The molecule has 0 bridgehead atoms. The first-order chi connectivity index (χ1) is 7.79. The van der Waals surface area contributed by atoms with Gasteiger partial charge in [0.1, 0.15) is 0 Å². The number of carbonyl (C=O) groups excluding carboxylic acids is 1. The SMILES string of the molecule is CC(=O)NC(C)(C)C[C@@H](C)NCC1(CO)CC1. The molecule has 0 saturated heterocycles. The summed E-state index contributed by atoms with van der Waals surface area (Å²) in [6.45, 7) is 8.89. The number of rotatable bonds is 7. The van der Waals surface area contributed by atoms with E-state index < -0.39 is 0 Å². The molecular formula is C13H26N2O2. The maximum atomic E-state index is 11.0. The molecule has 0 spiro atoms. The van der Waals surface area contributed by atoms with Crippen LogP contribution in [0.15, 0.2) is 0 Å². The third-order valence-corrected chi connectivity index (χ3v) is 3.45. The van der Waals surface area contributed by atoms with Gasteiger partial charge < -0.3 is 15.7 Å². The lowest BCUT2D eigenvalue weighted by atomic mass is 9.95.